The number of rotatable bonds is 6. The van der Waals surface area contributed by atoms with Crippen molar-refractivity contribution in [2.24, 2.45) is 0 Å². The lowest BCUT2D eigenvalue weighted by Crippen LogP contribution is -2.64. The van der Waals surface area contributed by atoms with E-state index in [2.05, 4.69) is 10.6 Å². The first-order valence-corrected chi connectivity index (χ1v) is 12.6. The molecule has 1 saturated carbocycles. The molecule has 3 aliphatic rings. The van der Waals surface area contributed by atoms with Crippen LogP contribution in [0, 0.1) is 0 Å². The maximum atomic E-state index is 13.9. The molecule has 7 rings (SSSR count). The van der Waals surface area contributed by atoms with Gasteiger partial charge < -0.3 is 30.3 Å². The molecule has 200 valence electrons. The summed E-state index contributed by atoms with van der Waals surface area (Å²) in [6.45, 7) is 0. The van der Waals surface area contributed by atoms with Gasteiger partial charge in [-0.2, -0.15) is 0 Å². The smallest absolute Gasteiger partial charge is 0.293 e. The predicted molar refractivity (Wildman–Crippen MR) is 139 cm³/mol. The topological polar surface area (TPSA) is 157 Å². The fourth-order valence-corrected chi connectivity index (χ4v) is 6.18. The van der Waals surface area contributed by atoms with E-state index in [-0.39, 0.29) is 11.5 Å². The van der Waals surface area contributed by atoms with Crippen LogP contribution in [0.1, 0.15) is 23.0 Å². The first kappa shape index (κ1) is 24.3. The Hall–Kier alpha value is -4.80. The Labute approximate surface area is 226 Å². The fraction of sp³-hybridized carbons (Fsp3) is 0.200. The van der Waals surface area contributed by atoms with Gasteiger partial charge in [0.2, 0.25) is 0 Å². The van der Waals surface area contributed by atoms with Gasteiger partial charge in [0.1, 0.15) is 11.5 Å². The van der Waals surface area contributed by atoms with E-state index in [0.717, 1.165) is 10.8 Å². The highest BCUT2D eigenvalue weighted by molar-refractivity contribution is 6.07. The molecular formula is C30H20N2O8-2. The number of carbonyl (C=O) groups excluding carboxylic acids is 4. The second-order valence-corrected chi connectivity index (χ2v) is 10.3. The first-order chi connectivity index (χ1) is 19.4. The lowest BCUT2D eigenvalue weighted by molar-refractivity contribution is -0.535. The van der Waals surface area contributed by atoms with Gasteiger partial charge in [0.25, 0.3) is 11.4 Å². The number of aldehydes is 4. The van der Waals surface area contributed by atoms with E-state index in [9.17, 15) is 29.4 Å². The fourth-order valence-electron chi connectivity index (χ4n) is 6.18. The molecule has 4 aromatic carbocycles. The Balaban J connectivity index is 1.34. The van der Waals surface area contributed by atoms with Gasteiger partial charge in [0.15, 0.2) is 25.1 Å². The SMILES string of the molecule is O=CC1(C=O)Nc2c(C3C([O-])C(c4ccc5cccc6c5c4NC(C=O)(C=O)O6)C3[O-])ccc3cccc(c23)O1. The molecule has 0 bridgehead atoms. The Morgan fingerprint density at radius 2 is 1.00 bits per heavy atom. The number of hydrogen-bond acceptors (Lipinski definition) is 10. The Bertz CT molecular complexity index is 1610. The van der Waals surface area contributed by atoms with Crippen molar-refractivity contribution in [3.63, 3.8) is 0 Å². The molecule has 0 radical (unpaired) electrons. The molecule has 1 aliphatic carbocycles. The van der Waals surface area contributed by atoms with E-state index in [1.807, 2.05) is 12.1 Å². The van der Waals surface area contributed by atoms with E-state index in [0.29, 0.717) is 58.4 Å². The molecule has 1 fully saturated rings. The van der Waals surface area contributed by atoms with Gasteiger partial charge in [-0.1, -0.05) is 48.5 Å². The van der Waals surface area contributed by atoms with Crippen LogP contribution in [0.15, 0.2) is 60.7 Å². The van der Waals surface area contributed by atoms with Crippen molar-refractivity contribution in [1.29, 1.82) is 0 Å². The maximum absolute atomic E-state index is 13.9. The molecule has 0 amide bonds. The molecule has 2 heterocycles. The third-order valence-corrected chi connectivity index (χ3v) is 8.11. The molecule has 0 aromatic heterocycles. The molecule has 0 atom stereocenters. The Morgan fingerprint density at radius 1 is 0.600 bits per heavy atom. The summed E-state index contributed by atoms with van der Waals surface area (Å²) in [5, 5.41) is 36.0. The van der Waals surface area contributed by atoms with Crippen LogP contribution < -0.4 is 30.3 Å². The van der Waals surface area contributed by atoms with Crippen molar-refractivity contribution >= 4 is 58.1 Å². The predicted octanol–water partition coefficient (Wildman–Crippen LogP) is 1.13. The zero-order chi connectivity index (χ0) is 27.8. The third kappa shape index (κ3) is 3.11. The van der Waals surface area contributed by atoms with E-state index >= 15 is 0 Å². The molecular weight excluding hydrogens is 516 g/mol. The summed E-state index contributed by atoms with van der Waals surface area (Å²) in [6, 6.07) is 17.1. The summed E-state index contributed by atoms with van der Waals surface area (Å²) >= 11 is 0. The number of nitrogens with one attached hydrogen (secondary N) is 2. The molecule has 0 unspecified atom stereocenters. The number of ether oxygens (including phenoxy) is 2. The van der Waals surface area contributed by atoms with Crippen molar-refractivity contribution in [3.8, 4) is 11.5 Å². The summed E-state index contributed by atoms with van der Waals surface area (Å²) < 4.78 is 11.3. The van der Waals surface area contributed by atoms with Crippen LogP contribution in [0.2, 0.25) is 0 Å². The minimum Gasteiger partial charge on any atom is -0.851 e. The van der Waals surface area contributed by atoms with Crippen LogP contribution in [0.3, 0.4) is 0 Å². The average Bonchev–Trinajstić information content (AvgIpc) is 2.99. The average molecular weight is 536 g/mol. The van der Waals surface area contributed by atoms with Gasteiger partial charge >= 0.3 is 0 Å². The first-order valence-electron chi connectivity index (χ1n) is 12.6. The summed E-state index contributed by atoms with van der Waals surface area (Å²) in [4.78, 5) is 47.5. The molecule has 2 aliphatic heterocycles. The maximum Gasteiger partial charge on any atom is 0.293 e. The van der Waals surface area contributed by atoms with Gasteiger partial charge in [-0.05, 0) is 45.9 Å². The van der Waals surface area contributed by atoms with Crippen molar-refractivity contribution < 1.29 is 38.9 Å². The van der Waals surface area contributed by atoms with Crippen molar-refractivity contribution in [3.05, 3.63) is 71.8 Å². The van der Waals surface area contributed by atoms with Crippen LogP contribution in [0.25, 0.3) is 21.5 Å². The highest BCUT2D eigenvalue weighted by Gasteiger charge is 2.46. The summed E-state index contributed by atoms with van der Waals surface area (Å²) in [5.41, 5.74) is -2.56. The van der Waals surface area contributed by atoms with Crippen LogP contribution in [0.5, 0.6) is 11.5 Å². The number of benzene rings is 4. The van der Waals surface area contributed by atoms with Gasteiger partial charge in [-0.3, -0.25) is 19.2 Å². The van der Waals surface area contributed by atoms with Crippen LogP contribution >= 0.6 is 0 Å². The van der Waals surface area contributed by atoms with Crippen LogP contribution in [-0.4, -0.2) is 48.8 Å². The molecule has 40 heavy (non-hydrogen) atoms. The van der Waals surface area contributed by atoms with E-state index in [4.69, 9.17) is 9.47 Å². The monoisotopic (exact) mass is 536 g/mol. The van der Waals surface area contributed by atoms with Crippen molar-refractivity contribution in [2.45, 2.75) is 35.5 Å². The quantitative estimate of drug-likeness (QED) is 0.270. The lowest BCUT2D eigenvalue weighted by atomic mass is 9.62. The normalized spacial score (nSPS) is 24.9. The zero-order valence-electron chi connectivity index (χ0n) is 20.7. The summed E-state index contributed by atoms with van der Waals surface area (Å²) in [7, 11) is 0. The van der Waals surface area contributed by atoms with Crippen LogP contribution in [-0.2, 0) is 19.2 Å². The molecule has 4 aromatic rings. The van der Waals surface area contributed by atoms with Gasteiger partial charge in [0.05, 0.1) is 11.4 Å². The highest BCUT2D eigenvalue weighted by atomic mass is 16.5. The number of hydrogen-bond donors (Lipinski definition) is 2. The highest BCUT2D eigenvalue weighted by Crippen LogP contribution is 2.54. The standard InChI is InChI=1S/C30H20N2O8/c33-11-29(12-34)31-25-17(9-7-15-3-1-5-19(39-29)21(15)25)23-27(37)24(28(23)38)18-10-8-16-4-2-6-20-22(16)26(18)32-30(13-35,14-36)40-20/h1-14,23-24,27-28,31-32H/q-2. The van der Waals surface area contributed by atoms with Crippen LogP contribution in [0.4, 0.5) is 11.4 Å². The second kappa shape index (κ2) is 8.35. The van der Waals surface area contributed by atoms with Crippen molar-refractivity contribution in [1.82, 2.24) is 0 Å². The number of carbonyl (C=O) groups is 4. The zero-order valence-corrected chi connectivity index (χ0v) is 20.7. The summed E-state index contributed by atoms with van der Waals surface area (Å²) in [6.07, 6.45) is -1.48. The molecule has 0 saturated heterocycles. The summed E-state index contributed by atoms with van der Waals surface area (Å²) in [5.74, 6) is -1.47. The van der Waals surface area contributed by atoms with Gasteiger partial charge in [-0.25, -0.2) is 0 Å². The van der Waals surface area contributed by atoms with Gasteiger partial charge in [0, 0.05) is 10.8 Å². The lowest BCUT2D eigenvalue weighted by Gasteiger charge is -2.62. The molecule has 2 N–H and O–H groups in total. The van der Waals surface area contributed by atoms with E-state index in [1.54, 1.807) is 48.5 Å². The van der Waals surface area contributed by atoms with Crippen molar-refractivity contribution in [2.75, 3.05) is 10.6 Å². The largest absolute Gasteiger partial charge is 0.851 e. The Morgan fingerprint density at radius 3 is 1.38 bits per heavy atom. The van der Waals surface area contributed by atoms with Gasteiger partial charge in [-0.15, -0.1) is 12.2 Å². The molecule has 0 spiro atoms. The third-order valence-electron chi connectivity index (χ3n) is 8.11. The number of anilines is 2. The van der Waals surface area contributed by atoms with E-state index < -0.39 is 35.5 Å². The molecule has 10 nitrogen and oxygen atoms in total. The second-order valence-electron chi connectivity index (χ2n) is 10.3. The minimum atomic E-state index is -1.99. The Kier molecular flexibility index (Phi) is 5.06. The molecule has 10 heteroatoms. The van der Waals surface area contributed by atoms with E-state index in [1.165, 1.54) is 0 Å². The minimum absolute atomic E-state index is 0.280.